The van der Waals surface area contributed by atoms with Crippen LogP contribution >= 0.6 is 0 Å². The lowest BCUT2D eigenvalue weighted by atomic mass is 10.1. The predicted molar refractivity (Wildman–Crippen MR) is 128 cm³/mol. The van der Waals surface area contributed by atoms with Crippen LogP contribution in [0.4, 0.5) is 5.69 Å². The molecule has 1 N–H and O–H groups in total. The van der Waals surface area contributed by atoms with Crippen LogP contribution in [0, 0.1) is 0 Å². The summed E-state index contributed by atoms with van der Waals surface area (Å²) in [6, 6.07) is 23.5. The van der Waals surface area contributed by atoms with Crippen molar-refractivity contribution in [2.45, 2.75) is 19.6 Å². The highest BCUT2D eigenvalue weighted by atomic mass is 16.5. The highest BCUT2D eigenvalue weighted by Gasteiger charge is 2.07. The normalized spacial score (nSPS) is 11.1. The van der Waals surface area contributed by atoms with Crippen LogP contribution in [0.25, 0.3) is 10.9 Å². The van der Waals surface area contributed by atoms with Gasteiger partial charge in [0.15, 0.2) is 0 Å². The molecule has 0 saturated heterocycles. The maximum absolute atomic E-state index is 12.5. The smallest absolute Gasteiger partial charge is 0.228 e. The molecule has 0 fully saturated rings. The molecule has 3 aromatic carbocycles. The Morgan fingerprint density at radius 3 is 2.53 bits per heavy atom. The van der Waals surface area contributed by atoms with Crippen LogP contribution in [0.15, 0.2) is 79.0 Å². The SMILES string of the molecule is CN(C)CCn1cc2ccc(NC(=O)Cc3ccc(OCc4ccccc4)cc3)cc2n1. The van der Waals surface area contributed by atoms with Gasteiger partial charge in [-0.1, -0.05) is 42.5 Å². The van der Waals surface area contributed by atoms with Crippen LogP contribution in [0.3, 0.4) is 0 Å². The van der Waals surface area contributed by atoms with Crippen molar-refractivity contribution in [3.63, 3.8) is 0 Å². The molecule has 6 nitrogen and oxygen atoms in total. The largest absolute Gasteiger partial charge is 0.489 e. The molecule has 0 unspecified atom stereocenters. The maximum atomic E-state index is 12.5. The summed E-state index contributed by atoms with van der Waals surface area (Å²) >= 11 is 0. The molecule has 1 amide bonds. The topological polar surface area (TPSA) is 59.4 Å². The van der Waals surface area contributed by atoms with E-state index in [-0.39, 0.29) is 5.91 Å². The second kappa shape index (κ2) is 10.1. The molecule has 0 spiro atoms. The number of ether oxygens (including phenoxy) is 1. The van der Waals surface area contributed by atoms with Crippen LogP contribution in [0.1, 0.15) is 11.1 Å². The summed E-state index contributed by atoms with van der Waals surface area (Å²) in [4.78, 5) is 14.6. The molecule has 32 heavy (non-hydrogen) atoms. The Morgan fingerprint density at radius 1 is 1.00 bits per heavy atom. The van der Waals surface area contributed by atoms with Gasteiger partial charge in [0.2, 0.25) is 5.91 Å². The van der Waals surface area contributed by atoms with E-state index in [0.29, 0.717) is 13.0 Å². The third kappa shape index (κ3) is 5.95. The maximum Gasteiger partial charge on any atom is 0.228 e. The van der Waals surface area contributed by atoms with Crippen molar-refractivity contribution in [2.75, 3.05) is 26.0 Å². The number of carbonyl (C=O) groups excluding carboxylic acids is 1. The molecule has 0 radical (unpaired) electrons. The van der Waals surface area contributed by atoms with E-state index in [4.69, 9.17) is 4.74 Å². The number of amides is 1. The molecule has 1 heterocycles. The second-order valence-corrected chi connectivity index (χ2v) is 8.11. The first-order valence-corrected chi connectivity index (χ1v) is 10.7. The highest BCUT2D eigenvalue weighted by Crippen LogP contribution is 2.19. The molecule has 1 aromatic heterocycles. The van der Waals surface area contributed by atoms with E-state index in [2.05, 4.69) is 15.3 Å². The minimum Gasteiger partial charge on any atom is -0.489 e. The summed E-state index contributed by atoms with van der Waals surface area (Å²) in [6.07, 6.45) is 2.33. The molecule has 0 bridgehead atoms. The zero-order chi connectivity index (χ0) is 22.3. The molecule has 4 rings (SSSR count). The average molecular weight is 429 g/mol. The molecule has 0 atom stereocenters. The molecule has 0 aliphatic carbocycles. The molecule has 0 saturated carbocycles. The van der Waals surface area contributed by atoms with Crippen molar-refractivity contribution in [3.8, 4) is 5.75 Å². The van der Waals surface area contributed by atoms with Gasteiger partial charge in [0.05, 0.1) is 18.5 Å². The van der Waals surface area contributed by atoms with Crippen molar-refractivity contribution in [2.24, 2.45) is 0 Å². The number of hydrogen-bond donors (Lipinski definition) is 1. The van der Waals surface area contributed by atoms with Crippen molar-refractivity contribution in [1.29, 1.82) is 0 Å². The zero-order valence-electron chi connectivity index (χ0n) is 18.5. The van der Waals surface area contributed by atoms with Crippen LogP contribution in [-0.2, 0) is 24.4 Å². The van der Waals surface area contributed by atoms with Crippen LogP contribution in [0.5, 0.6) is 5.75 Å². The van der Waals surface area contributed by atoms with Crippen LogP contribution < -0.4 is 10.1 Å². The van der Waals surface area contributed by atoms with Crippen molar-refractivity contribution in [3.05, 3.63) is 90.1 Å². The van der Waals surface area contributed by atoms with Gasteiger partial charge in [0, 0.05) is 23.8 Å². The van der Waals surface area contributed by atoms with Gasteiger partial charge in [0.1, 0.15) is 12.4 Å². The second-order valence-electron chi connectivity index (χ2n) is 8.11. The fourth-order valence-electron chi connectivity index (χ4n) is 3.40. The van der Waals surface area contributed by atoms with Crippen molar-refractivity contribution >= 4 is 22.5 Å². The fraction of sp³-hybridized carbons (Fsp3) is 0.231. The molecule has 0 aliphatic heterocycles. The fourth-order valence-corrected chi connectivity index (χ4v) is 3.40. The molecule has 4 aromatic rings. The number of rotatable bonds is 9. The summed E-state index contributed by atoms with van der Waals surface area (Å²) in [5.41, 5.74) is 3.68. The van der Waals surface area contributed by atoms with Gasteiger partial charge in [-0.2, -0.15) is 5.10 Å². The third-order valence-electron chi connectivity index (χ3n) is 5.15. The zero-order valence-corrected chi connectivity index (χ0v) is 18.5. The summed E-state index contributed by atoms with van der Waals surface area (Å²) in [7, 11) is 4.09. The summed E-state index contributed by atoms with van der Waals surface area (Å²) in [5.74, 6) is 0.725. The number of anilines is 1. The minimum absolute atomic E-state index is 0.0608. The number of fused-ring (bicyclic) bond motifs is 1. The number of carbonyl (C=O) groups is 1. The minimum atomic E-state index is -0.0608. The van der Waals surface area contributed by atoms with Crippen LogP contribution in [-0.4, -0.2) is 41.2 Å². The number of hydrogen-bond acceptors (Lipinski definition) is 4. The molecule has 6 heteroatoms. The summed E-state index contributed by atoms with van der Waals surface area (Å²) < 4.78 is 7.75. The van der Waals surface area contributed by atoms with Crippen molar-refractivity contribution in [1.82, 2.24) is 14.7 Å². The van der Waals surface area contributed by atoms with Gasteiger partial charge in [-0.15, -0.1) is 0 Å². The lowest BCUT2D eigenvalue weighted by Gasteiger charge is -2.08. The number of nitrogens with one attached hydrogen (secondary N) is 1. The molecular weight excluding hydrogens is 400 g/mol. The first-order chi connectivity index (χ1) is 15.5. The predicted octanol–water partition coefficient (Wildman–Crippen LogP) is 4.36. The quantitative estimate of drug-likeness (QED) is 0.430. The van der Waals surface area contributed by atoms with Crippen LogP contribution in [0.2, 0.25) is 0 Å². The van der Waals surface area contributed by atoms with Gasteiger partial charge in [-0.25, -0.2) is 0 Å². The average Bonchev–Trinajstić information content (AvgIpc) is 3.20. The first-order valence-electron chi connectivity index (χ1n) is 10.7. The lowest BCUT2D eigenvalue weighted by molar-refractivity contribution is -0.115. The molecular formula is C26H28N4O2. The van der Waals surface area contributed by atoms with E-state index < -0.39 is 0 Å². The number of aromatic nitrogens is 2. The van der Waals surface area contributed by atoms with E-state index in [1.165, 1.54) is 0 Å². The van der Waals surface area contributed by atoms with E-state index >= 15 is 0 Å². The van der Waals surface area contributed by atoms with E-state index in [1.54, 1.807) is 0 Å². The van der Waals surface area contributed by atoms with E-state index in [0.717, 1.165) is 46.6 Å². The number of benzene rings is 3. The first kappa shape index (κ1) is 21.6. The Bertz CT molecular complexity index is 1170. The highest BCUT2D eigenvalue weighted by molar-refractivity contribution is 5.94. The van der Waals surface area contributed by atoms with Gasteiger partial charge in [0.25, 0.3) is 0 Å². The Hall–Kier alpha value is -3.64. The van der Waals surface area contributed by atoms with E-state index in [1.807, 2.05) is 97.8 Å². The Kier molecular flexibility index (Phi) is 6.82. The molecule has 0 aliphatic rings. The lowest BCUT2D eigenvalue weighted by Crippen LogP contribution is -2.18. The summed E-state index contributed by atoms with van der Waals surface area (Å²) in [6.45, 7) is 2.27. The van der Waals surface area contributed by atoms with Gasteiger partial charge < -0.3 is 15.0 Å². The van der Waals surface area contributed by atoms with Gasteiger partial charge in [-0.05, 0) is 55.6 Å². The Balaban J connectivity index is 1.31. The number of likely N-dealkylation sites (N-methyl/N-ethyl adjacent to an activating group) is 1. The Morgan fingerprint density at radius 2 is 1.78 bits per heavy atom. The third-order valence-corrected chi connectivity index (χ3v) is 5.15. The Labute approximate surface area is 188 Å². The van der Waals surface area contributed by atoms with Crippen molar-refractivity contribution < 1.29 is 9.53 Å². The summed E-state index contributed by atoms with van der Waals surface area (Å²) in [5, 5.41) is 8.65. The van der Waals surface area contributed by atoms with Gasteiger partial charge in [-0.3, -0.25) is 9.48 Å². The number of nitrogens with zero attached hydrogens (tertiary/aromatic N) is 3. The van der Waals surface area contributed by atoms with Gasteiger partial charge >= 0.3 is 0 Å². The van der Waals surface area contributed by atoms with E-state index in [9.17, 15) is 4.79 Å². The molecule has 164 valence electrons. The standard InChI is InChI=1S/C26H28N4O2/c1-29(2)14-15-30-18-22-10-11-23(17-25(22)28-30)27-26(31)16-20-8-12-24(13-9-20)32-19-21-6-4-3-5-7-21/h3-13,17-18H,14-16,19H2,1-2H3,(H,27,31). The monoisotopic (exact) mass is 428 g/mol.